The maximum atomic E-state index is 12.6. The highest BCUT2D eigenvalue weighted by Crippen LogP contribution is 2.19. The first-order chi connectivity index (χ1) is 20.5. The number of hydrogen-bond donors (Lipinski definition) is 4. The number of carbonyl (C=O) groups excluding carboxylic acids is 4. The van der Waals surface area contributed by atoms with Gasteiger partial charge in [0.05, 0.1) is 11.1 Å². The summed E-state index contributed by atoms with van der Waals surface area (Å²) in [7, 11) is 0. The second-order valence-corrected chi connectivity index (χ2v) is 11.7. The van der Waals surface area contributed by atoms with Crippen molar-refractivity contribution in [2.24, 2.45) is 0 Å². The van der Waals surface area contributed by atoms with Gasteiger partial charge in [-0.05, 0) is 25.0 Å². The van der Waals surface area contributed by atoms with Crippen LogP contribution < -0.4 is 21.3 Å². The first-order valence-corrected chi connectivity index (χ1v) is 16.8. The fourth-order valence-corrected chi connectivity index (χ4v) is 5.36. The normalized spacial score (nSPS) is 17.1. The Balaban J connectivity index is 1.80. The lowest BCUT2D eigenvalue weighted by Crippen LogP contribution is -2.44. The summed E-state index contributed by atoms with van der Waals surface area (Å²) in [6, 6.07) is 0. The average Bonchev–Trinajstić information content (AvgIpc) is 2.97. The molecule has 0 saturated heterocycles. The van der Waals surface area contributed by atoms with Gasteiger partial charge in [-0.3, -0.25) is 29.8 Å². The summed E-state index contributed by atoms with van der Waals surface area (Å²) in [5.41, 5.74) is 0.656. The molecule has 0 aromatic heterocycles. The van der Waals surface area contributed by atoms with Crippen LogP contribution in [-0.2, 0) is 19.2 Å². The Morgan fingerprint density at radius 2 is 0.714 bits per heavy atom. The predicted molar refractivity (Wildman–Crippen MR) is 169 cm³/mol. The highest BCUT2D eigenvalue weighted by atomic mass is 16.2. The van der Waals surface area contributed by atoms with Crippen LogP contribution in [0.5, 0.6) is 0 Å². The fraction of sp³-hybridized carbons (Fsp3) is 0.706. The van der Waals surface area contributed by atoms with Crippen molar-refractivity contribution in [2.75, 3.05) is 13.1 Å². The Kier molecular flexibility index (Phi) is 18.3. The molecule has 0 unspecified atom stereocenters. The van der Waals surface area contributed by atoms with Crippen molar-refractivity contribution in [1.82, 2.24) is 21.3 Å². The van der Waals surface area contributed by atoms with Gasteiger partial charge in [0.2, 0.25) is 0 Å². The molecular formula is C34H56N4O4. The van der Waals surface area contributed by atoms with Crippen molar-refractivity contribution < 1.29 is 19.2 Å². The van der Waals surface area contributed by atoms with Crippen LogP contribution in [0.2, 0.25) is 0 Å². The van der Waals surface area contributed by atoms with E-state index in [9.17, 15) is 19.2 Å². The summed E-state index contributed by atoms with van der Waals surface area (Å²) in [6.45, 7) is 5.69. The van der Waals surface area contributed by atoms with Gasteiger partial charge in [0.25, 0.3) is 23.6 Å². The van der Waals surface area contributed by atoms with Gasteiger partial charge in [-0.1, -0.05) is 129 Å². The molecule has 4 amide bonds. The van der Waals surface area contributed by atoms with E-state index in [0.29, 0.717) is 13.1 Å². The lowest BCUT2D eigenvalue weighted by molar-refractivity contribution is -0.129. The number of imide groups is 2. The van der Waals surface area contributed by atoms with Gasteiger partial charge in [-0.2, -0.15) is 0 Å². The summed E-state index contributed by atoms with van der Waals surface area (Å²) in [5, 5.41) is 10.9. The van der Waals surface area contributed by atoms with E-state index in [-0.39, 0.29) is 22.5 Å². The van der Waals surface area contributed by atoms with Crippen LogP contribution in [0.3, 0.4) is 0 Å². The molecule has 0 atom stereocenters. The minimum Gasteiger partial charge on any atom is -0.381 e. The molecule has 0 aromatic rings. The largest absolute Gasteiger partial charge is 0.381 e. The van der Waals surface area contributed by atoms with Gasteiger partial charge < -0.3 is 10.6 Å². The van der Waals surface area contributed by atoms with Gasteiger partial charge in [0.15, 0.2) is 0 Å². The second kappa shape index (κ2) is 21.8. The molecule has 2 aliphatic heterocycles. The van der Waals surface area contributed by atoms with E-state index >= 15 is 0 Å². The van der Waals surface area contributed by atoms with Crippen LogP contribution in [0, 0.1) is 0 Å². The lowest BCUT2D eigenvalue weighted by atomic mass is 9.99. The summed E-state index contributed by atoms with van der Waals surface area (Å²) in [4.78, 5) is 50.1. The van der Waals surface area contributed by atoms with Crippen molar-refractivity contribution in [3.8, 4) is 0 Å². The van der Waals surface area contributed by atoms with E-state index in [2.05, 4.69) is 35.1 Å². The molecule has 236 valence electrons. The quantitative estimate of drug-likeness (QED) is 0.0594. The van der Waals surface area contributed by atoms with Crippen molar-refractivity contribution in [2.45, 2.75) is 142 Å². The first kappa shape index (κ1) is 35.3. The molecule has 2 heterocycles. The van der Waals surface area contributed by atoms with Gasteiger partial charge in [0, 0.05) is 13.1 Å². The van der Waals surface area contributed by atoms with Crippen molar-refractivity contribution >= 4 is 23.6 Å². The van der Waals surface area contributed by atoms with Crippen LogP contribution in [0.15, 0.2) is 34.7 Å². The van der Waals surface area contributed by atoms with E-state index in [4.69, 9.17) is 0 Å². The standard InChI is InChI=1S/C34H56N4O4/c1-3-5-7-9-11-13-15-17-19-21-23-35-29-25-27(31(39)37-33(29)41)28-26-30(34(42)38-32(28)40)36-24-22-20-18-16-14-12-10-8-6-4-2/h25-26,35-36H,3-24H2,1-2H3,(H,37,39,41)(H,38,40,42)/b28-27+. The van der Waals surface area contributed by atoms with Crippen LogP contribution in [0.1, 0.15) is 142 Å². The van der Waals surface area contributed by atoms with E-state index in [1.54, 1.807) is 0 Å². The zero-order valence-corrected chi connectivity index (χ0v) is 26.3. The molecular weight excluding hydrogens is 528 g/mol. The first-order valence-electron chi connectivity index (χ1n) is 16.8. The Bertz CT molecular complexity index is 891. The third kappa shape index (κ3) is 13.8. The minimum absolute atomic E-state index is 0.0726. The molecule has 0 spiro atoms. The van der Waals surface area contributed by atoms with Crippen molar-refractivity contribution in [1.29, 1.82) is 0 Å². The number of amides is 4. The molecule has 0 aliphatic carbocycles. The summed E-state index contributed by atoms with van der Waals surface area (Å²) in [5.74, 6) is -2.30. The monoisotopic (exact) mass is 584 g/mol. The van der Waals surface area contributed by atoms with Crippen LogP contribution >= 0.6 is 0 Å². The maximum Gasteiger partial charge on any atom is 0.274 e. The Hall–Kier alpha value is -2.90. The number of rotatable bonds is 24. The molecule has 0 saturated carbocycles. The van der Waals surface area contributed by atoms with E-state index < -0.39 is 23.6 Å². The molecule has 0 radical (unpaired) electrons. The van der Waals surface area contributed by atoms with E-state index in [0.717, 1.165) is 25.7 Å². The fourth-order valence-electron chi connectivity index (χ4n) is 5.36. The minimum atomic E-state index is -0.644. The Morgan fingerprint density at radius 1 is 0.429 bits per heavy atom. The smallest absolute Gasteiger partial charge is 0.274 e. The molecule has 0 fully saturated rings. The van der Waals surface area contributed by atoms with Gasteiger partial charge >= 0.3 is 0 Å². The highest BCUT2D eigenvalue weighted by Gasteiger charge is 2.30. The van der Waals surface area contributed by atoms with Gasteiger partial charge in [-0.25, -0.2) is 0 Å². The third-order valence-corrected chi connectivity index (χ3v) is 7.99. The van der Waals surface area contributed by atoms with Crippen LogP contribution in [-0.4, -0.2) is 36.7 Å². The molecule has 2 aliphatic rings. The number of nitrogens with one attached hydrogen (secondary N) is 4. The van der Waals surface area contributed by atoms with Gasteiger partial charge in [-0.15, -0.1) is 0 Å². The summed E-state index contributed by atoms with van der Waals surface area (Å²) >= 11 is 0. The van der Waals surface area contributed by atoms with Crippen molar-refractivity contribution in [3.05, 3.63) is 34.7 Å². The third-order valence-electron chi connectivity index (χ3n) is 7.99. The number of carbonyl (C=O) groups is 4. The number of unbranched alkanes of at least 4 members (excludes halogenated alkanes) is 18. The molecule has 2 rings (SSSR count). The summed E-state index contributed by atoms with van der Waals surface area (Å²) < 4.78 is 0. The zero-order valence-electron chi connectivity index (χ0n) is 26.3. The van der Waals surface area contributed by atoms with Gasteiger partial charge in [0.1, 0.15) is 11.4 Å². The molecule has 4 N–H and O–H groups in total. The lowest BCUT2D eigenvalue weighted by Gasteiger charge is -2.21. The Morgan fingerprint density at radius 3 is 1.02 bits per heavy atom. The van der Waals surface area contributed by atoms with Crippen molar-refractivity contribution in [3.63, 3.8) is 0 Å². The highest BCUT2D eigenvalue weighted by molar-refractivity contribution is 6.22. The molecule has 0 bridgehead atoms. The van der Waals surface area contributed by atoms with E-state index in [1.165, 1.54) is 115 Å². The van der Waals surface area contributed by atoms with Crippen LogP contribution in [0.25, 0.3) is 0 Å². The molecule has 0 aromatic carbocycles. The molecule has 8 nitrogen and oxygen atoms in total. The van der Waals surface area contributed by atoms with E-state index in [1.807, 2.05) is 0 Å². The zero-order chi connectivity index (χ0) is 30.4. The Labute approximate surface area is 254 Å². The number of hydrogen-bond acceptors (Lipinski definition) is 6. The SMILES string of the molecule is CCCCCCCCCCCCNC1=C/C(=C2/C=C(NCCCCCCCCCCCC)C(=O)NC2=O)C(=O)NC1=O. The molecule has 42 heavy (non-hydrogen) atoms. The average molecular weight is 585 g/mol. The molecule has 8 heteroatoms. The maximum absolute atomic E-state index is 12.6. The van der Waals surface area contributed by atoms with Crippen LogP contribution in [0.4, 0.5) is 0 Å². The predicted octanol–water partition coefficient (Wildman–Crippen LogP) is 6.38. The summed E-state index contributed by atoms with van der Waals surface area (Å²) in [6.07, 6.45) is 27.3. The second-order valence-electron chi connectivity index (χ2n) is 11.7. The topological polar surface area (TPSA) is 116 Å².